The molecule has 2 heteroatoms. The fourth-order valence-corrected chi connectivity index (χ4v) is 4.35. The molecule has 3 aliphatic rings. The topological polar surface area (TPSA) is 43.1 Å². The van der Waals surface area contributed by atoms with Crippen LogP contribution in [0.25, 0.3) is 0 Å². The average Bonchev–Trinajstić information content (AvgIpc) is 2.81. The fourth-order valence-electron chi connectivity index (χ4n) is 4.35. The third kappa shape index (κ3) is 0.768. The summed E-state index contributed by atoms with van der Waals surface area (Å²) in [5, 5.41) is 0. The van der Waals surface area contributed by atoms with Gasteiger partial charge in [-0.05, 0) is 41.4 Å². The molecule has 0 spiro atoms. The third-order valence-electron chi connectivity index (χ3n) is 5.61. The van der Waals surface area contributed by atoms with Crippen molar-refractivity contribution in [3.05, 3.63) is 0 Å². The van der Waals surface area contributed by atoms with Crippen LogP contribution in [0.1, 0.15) is 33.6 Å². The summed E-state index contributed by atoms with van der Waals surface area (Å²) in [6.07, 6.45) is 2.49. The van der Waals surface area contributed by atoms with Gasteiger partial charge in [0.05, 0.1) is 0 Å². The lowest BCUT2D eigenvalue weighted by molar-refractivity contribution is -0.120. The van der Waals surface area contributed by atoms with Crippen molar-refractivity contribution in [3.63, 3.8) is 0 Å². The summed E-state index contributed by atoms with van der Waals surface area (Å²) >= 11 is 0. The molecule has 0 aromatic heterocycles. The van der Waals surface area contributed by atoms with Crippen molar-refractivity contribution in [1.29, 1.82) is 0 Å². The van der Waals surface area contributed by atoms with Crippen LogP contribution in [0.4, 0.5) is 0 Å². The zero-order valence-corrected chi connectivity index (χ0v) is 9.21. The van der Waals surface area contributed by atoms with Gasteiger partial charge in [0.1, 0.15) is 0 Å². The summed E-state index contributed by atoms with van der Waals surface area (Å²) in [7, 11) is 0. The fraction of sp³-hybridized carbons (Fsp3) is 0.917. The molecule has 3 rings (SSSR count). The molecule has 0 aliphatic heterocycles. The van der Waals surface area contributed by atoms with Crippen LogP contribution in [0.3, 0.4) is 0 Å². The second-order valence-corrected chi connectivity index (χ2v) is 6.47. The van der Waals surface area contributed by atoms with Gasteiger partial charge in [0.25, 0.3) is 0 Å². The van der Waals surface area contributed by atoms with Gasteiger partial charge in [-0.15, -0.1) is 0 Å². The SMILES string of the molecule is CC1(C)[C@@H]2CC3[C@H](C(N)=O)[C@@]3(C)C[C@@H]21. The summed E-state index contributed by atoms with van der Waals surface area (Å²) in [5.74, 6) is 2.50. The molecule has 1 unspecified atom stereocenters. The molecule has 0 saturated heterocycles. The highest BCUT2D eigenvalue weighted by Gasteiger charge is 2.74. The van der Waals surface area contributed by atoms with Crippen molar-refractivity contribution in [2.75, 3.05) is 0 Å². The summed E-state index contributed by atoms with van der Waals surface area (Å²) in [4.78, 5) is 11.2. The minimum Gasteiger partial charge on any atom is -0.369 e. The van der Waals surface area contributed by atoms with Crippen LogP contribution in [-0.4, -0.2) is 5.91 Å². The van der Waals surface area contributed by atoms with Gasteiger partial charge in [-0.25, -0.2) is 0 Å². The number of rotatable bonds is 1. The van der Waals surface area contributed by atoms with Crippen LogP contribution in [0.2, 0.25) is 0 Å². The maximum Gasteiger partial charge on any atom is 0.221 e. The number of primary amides is 1. The molecule has 0 aromatic rings. The van der Waals surface area contributed by atoms with E-state index in [1.807, 2.05) is 0 Å². The summed E-state index contributed by atoms with van der Waals surface area (Å²) in [5.41, 5.74) is 6.26. The predicted molar refractivity (Wildman–Crippen MR) is 54.3 cm³/mol. The van der Waals surface area contributed by atoms with E-state index in [-0.39, 0.29) is 17.2 Å². The Kier molecular flexibility index (Phi) is 1.27. The van der Waals surface area contributed by atoms with Crippen LogP contribution in [0, 0.1) is 34.5 Å². The first-order valence-electron chi connectivity index (χ1n) is 5.68. The van der Waals surface area contributed by atoms with Gasteiger partial charge in [0.2, 0.25) is 5.91 Å². The van der Waals surface area contributed by atoms with Crippen molar-refractivity contribution >= 4 is 5.91 Å². The number of carbonyl (C=O) groups excluding carboxylic acids is 1. The molecule has 78 valence electrons. The number of hydrogen-bond acceptors (Lipinski definition) is 1. The van der Waals surface area contributed by atoms with E-state index in [1.165, 1.54) is 12.8 Å². The van der Waals surface area contributed by atoms with Gasteiger partial charge in [-0.3, -0.25) is 4.79 Å². The smallest absolute Gasteiger partial charge is 0.221 e. The Morgan fingerprint density at radius 3 is 2.36 bits per heavy atom. The largest absolute Gasteiger partial charge is 0.369 e. The molecular weight excluding hydrogens is 174 g/mol. The average molecular weight is 193 g/mol. The Morgan fingerprint density at radius 2 is 1.86 bits per heavy atom. The molecule has 5 atom stereocenters. The van der Waals surface area contributed by atoms with Gasteiger partial charge in [0, 0.05) is 5.92 Å². The zero-order chi connectivity index (χ0) is 10.3. The molecule has 0 bridgehead atoms. The second kappa shape index (κ2) is 2.02. The molecule has 3 saturated carbocycles. The quantitative estimate of drug-likeness (QED) is 0.678. The van der Waals surface area contributed by atoms with E-state index in [0.717, 1.165) is 11.8 Å². The Hall–Kier alpha value is -0.530. The van der Waals surface area contributed by atoms with Crippen molar-refractivity contribution in [2.45, 2.75) is 33.6 Å². The summed E-state index contributed by atoms with van der Waals surface area (Å²) < 4.78 is 0. The minimum atomic E-state index is -0.0587. The standard InChI is InChI=1S/C12H19NO/c1-11(2)6-4-7-9(10(13)14)12(7,3)5-8(6)11/h6-9H,4-5H2,1-3H3,(H2,13,14)/t6-,7?,8+,9-,12+/m1/s1. The molecule has 0 heterocycles. The van der Waals surface area contributed by atoms with Crippen molar-refractivity contribution in [1.82, 2.24) is 0 Å². The van der Waals surface area contributed by atoms with E-state index in [4.69, 9.17) is 5.73 Å². The predicted octanol–water partition coefficient (Wildman–Crippen LogP) is 1.79. The van der Waals surface area contributed by atoms with E-state index >= 15 is 0 Å². The van der Waals surface area contributed by atoms with Crippen LogP contribution >= 0.6 is 0 Å². The number of fused-ring (bicyclic) bond motifs is 2. The Morgan fingerprint density at radius 1 is 1.21 bits per heavy atom. The van der Waals surface area contributed by atoms with Crippen LogP contribution in [0.15, 0.2) is 0 Å². The normalized spacial score (nSPS) is 57.1. The zero-order valence-electron chi connectivity index (χ0n) is 9.21. The Bertz CT molecular complexity index is 322. The Balaban J connectivity index is 1.81. The van der Waals surface area contributed by atoms with Gasteiger partial charge in [-0.2, -0.15) is 0 Å². The monoisotopic (exact) mass is 193 g/mol. The highest BCUT2D eigenvalue weighted by Crippen LogP contribution is 2.78. The first kappa shape index (κ1) is 8.75. The number of carbonyl (C=O) groups is 1. The molecule has 3 aliphatic carbocycles. The lowest BCUT2D eigenvalue weighted by Crippen LogP contribution is -2.17. The summed E-state index contributed by atoms with van der Waals surface area (Å²) in [6.45, 7) is 7.00. The molecule has 0 aromatic carbocycles. The van der Waals surface area contributed by atoms with Gasteiger partial charge in [-0.1, -0.05) is 20.8 Å². The van der Waals surface area contributed by atoms with Crippen LogP contribution in [-0.2, 0) is 4.79 Å². The van der Waals surface area contributed by atoms with Gasteiger partial charge < -0.3 is 5.73 Å². The Labute approximate surface area is 85.2 Å². The summed E-state index contributed by atoms with van der Waals surface area (Å²) in [6, 6.07) is 0. The lowest BCUT2D eigenvalue weighted by atomic mass is 9.89. The maximum absolute atomic E-state index is 11.2. The molecule has 3 fully saturated rings. The lowest BCUT2D eigenvalue weighted by Gasteiger charge is -2.15. The van der Waals surface area contributed by atoms with E-state index in [1.54, 1.807) is 0 Å². The van der Waals surface area contributed by atoms with Crippen LogP contribution in [0.5, 0.6) is 0 Å². The van der Waals surface area contributed by atoms with E-state index in [9.17, 15) is 4.79 Å². The molecule has 14 heavy (non-hydrogen) atoms. The molecule has 1 amide bonds. The van der Waals surface area contributed by atoms with Gasteiger partial charge >= 0.3 is 0 Å². The molecule has 2 nitrogen and oxygen atoms in total. The molecular formula is C12H19NO. The van der Waals surface area contributed by atoms with Gasteiger partial charge in [0.15, 0.2) is 0 Å². The minimum absolute atomic E-state index is 0.0587. The maximum atomic E-state index is 11.2. The number of amides is 1. The first-order valence-corrected chi connectivity index (χ1v) is 5.68. The first-order chi connectivity index (χ1) is 6.39. The van der Waals surface area contributed by atoms with Crippen LogP contribution < -0.4 is 5.73 Å². The number of hydrogen-bond donors (Lipinski definition) is 1. The van der Waals surface area contributed by atoms with Crippen molar-refractivity contribution in [2.24, 2.45) is 40.2 Å². The second-order valence-electron chi connectivity index (χ2n) is 6.47. The highest BCUT2D eigenvalue weighted by molar-refractivity contribution is 5.81. The molecule has 0 radical (unpaired) electrons. The highest BCUT2D eigenvalue weighted by atomic mass is 16.1. The third-order valence-corrected chi connectivity index (χ3v) is 5.61. The van der Waals surface area contributed by atoms with E-state index < -0.39 is 0 Å². The van der Waals surface area contributed by atoms with Crippen molar-refractivity contribution in [3.8, 4) is 0 Å². The van der Waals surface area contributed by atoms with E-state index in [2.05, 4.69) is 20.8 Å². The van der Waals surface area contributed by atoms with Crippen molar-refractivity contribution < 1.29 is 4.79 Å². The van der Waals surface area contributed by atoms with E-state index in [0.29, 0.717) is 11.3 Å². The molecule has 2 N–H and O–H groups in total. The number of nitrogens with two attached hydrogens (primary N) is 1.